The smallest absolute Gasteiger partial charge is 0.125 e. The number of rotatable bonds is 6. The molecule has 0 unspecified atom stereocenters. The fraction of sp³-hybridized carbons (Fsp3) is 0.538. The first-order chi connectivity index (χ1) is 8.02. The zero-order valence-electron chi connectivity index (χ0n) is 11.1. The van der Waals surface area contributed by atoms with E-state index >= 15 is 0 Å². The van der Waals surface area contributed by atoms with Crippen molar-refractivity contribution in [2.24, 2.45) is 0 Å². The summed E-state index contributed by atoms with van der Waals surface area (Å²) in [4.78, 5) is 4.19. The maximum Gasteiger partial charge on any atom is 0.125 e. The summed E-state index contributed by atoms with van der Waals surface area (Å²) < 4.78 is 13.4. The normalized spacial score (nSPS) is 10.9. The third-order valence-corrected chi connectivity index (χ3v) is 2.65. The molecular weight excluding hydrogens is 217 g/mol. The molecule has 17 heavy (non-hydrogen) atoms. The minimum absolute atomic E-state index is 0.176. The van der Waals surface area contributed by atoms with Crippen molar-refractivity contribution in [3.63, 3.8) is 0 Å². The van der Waals surface area contributed by atoms with Crippen molar-refractivity contribution in [3.05, 3.63) is 29.6 Å². The van der Waals surface area contributed by atoms with Gasteiger partial charge in [0.1, 0.15) is 5.82 Å². The summed E-state index contributed by atoms with van der Waals surface area (Å²) in [7, 11) is 7.92. The minimum Gasteiger partial charge on any atom is -0.373 e. The molecule has 1 rings (SSSR count). The van der Waals surface area contributed by atoms with E-state index < -0.39 is 0 Å². The second kappa shape index (κ2) is 6.57. The molecule has 0 heterocycles. The van der Waals surface area contributed by atoms with Gasteiger partial charge in [0.15, 0.2) is 0 Å². The van der Waals surface area contributed by atoms with Gasteiger partial charge < -0.3 is 15.1 Å². The number of benzene rings is 1. The summed E-state index contributed by atoms with van der Waals surface area (Å²) in [5.74, 6) is -0.176. The third-order valence-electron chi connectivity index (χ3n) is 2.65. The molecule has 0 atom stereocenters. The zero-order chi connectivity index (χ0) is 12.8. The molecule has 0 saturated heterocycles. The fourth-order valence-electron chi connectivity index (χ4n) is 1.64. The molecule has 0 aliphatic carbocycles. The van der Waals surface area contributed by atoms with Crippen LogP contribution in [0.2, 0.25) is 0 Å². The number of nitrogens with zero attached hydrogens (tertiary/aromatic N) is 2. The van der Waals surface area contributed by atoms with Gasteiger partial charge in [-0.15, -0.1) is 0 Å². The highest BCUT2D eigenvalue weighted by Gasteiger charge is 2.05. The molecule has 0 aliphatic rings. The second-order valence-corrected chi connectivity index (χ2v) is 4.57. The van der Waals surface area contributed by atoms with Gasteiger partial charge in [-0.3, -0.25) is 0 Å². The van der Waals surface area contributed by atoms with E-state index in [1.54, 1.807) is 12.1 Å². The van der Waals surface area contributed by atoms with Gasteiger partial charge in [-0.2, -0.15) is 0 Å². The van der Waals surface area contributed by atoms with E-state index in [0.29, 0.717) is 6.54 Å². The van der Waals surface area contributed by atoms with Crippen molar-refractivity contribution >= 4 is 5.69 Å². The van der Waals surface area contributed by atoms with Crippen LogP contribution in [0.4, 0.5) is 10.1 Å². The van der Waals surface area contributed by atoms with Gasteiger partial charge in [0.05, 0.1) is 0 Å². The lowest BCUT2D eigenvalue weighted by atomic mass is 10.2. The minimum atomic E-state index is -0.176. The van der Waals surface area contributed by atoms with Crippen molar-refractivity contribution in [2.75, 3.05) is 46.2 Å². The molecule has 0 amide bonds. The van der Waals surface area contributed by atoms with Crippen LogP contribution in [0.15, 0.2) is 18.2 Å². The fourth-order valence-corrected chi connectivity index (χ4v) is 1.64. The van der Waals surface area contributed by atoms with Crippen LogP contribution in [0.1, 0.15) is 5.56 Å². The molecule has 0 bridgehead atoms. The third kappa shape index (κ3) is 4.71. The van der Waals surface area contributed by atoms with Crippen LogP contribution in [0.5, 0.6) is 0 Å². The Morgan fingerprint density at radius 2 is 1.82 bits per heavy atom. The van der Waals surface area contributed by atoms with Crippen LogP contribution in [0.25, 0.3) is 0 Å². The first-order valence-corrected chi connectivity index (χ1v) is 5.83. The van der Waals surface area contributed by atoms with Gasteiger partial charge in [0.2, 0.25) is 0 Å². The van der Waals surface area contributed by atoms with Gasteiger partial charge in [0, 0.05) is 32.4 Å². The van der Waals surface area contributed by atoms with E-state index in [2.05, 4.69) is 15.1 Å². The Hall–Kier alpha value is -1.13. The predicted octanol–water partition coefficient (Wildman–Crippen LogP) is 1.54. The quantitative estimate of drug-likeness (QED) is 0.812. The molecule has 0 spiro atoms. The Balaban J connectivity index is 2.74. The van der Waals surface area contributed by atoms with Crippen LogP contribution < -0.4 is 10.2 Å². The molecule has 4 heteroatoms. The number of hydrogen-bond acceptors (Lipinski definition) is 3. The highest BCUT2D eigenvalue weighted by molar-refractivity contribution is 5.48. The van der Waals surface area contributed by atoms with E-state index in [1.165, 1.54) is 0 Å². The highest BCUT2D eigenvalue weighted by Crippen LogP contribution is 2.17. The van der Waals surface area contributed by atoms with Crippen LogP contribution in [-0.2, 0) is 6.54 Å². The lowest BCUT2D eigenvalue weighted by Crippen LogP contribution is -2.28. The van der Waals surface area contributed by atoms with E-state index in [4.69, 9.17) is 0 Å². The van der Waals surface area contributed by atoms with Crippen molar-refractivity contribution in [1.29, 1.82) is 0 Å². The SMILES string of the molecule is CNCc1cc(F)cc(N(C)CCN(C)C)c1. The Bertz CT molecular complexity index is 353. The van der Waals surface area contributed by atoms with Gasteiger partial charge in [-0.05, 0) is 44.9 Å². The van der Waals surface area contributed by atoms with E-state index in [9.17, 15) is 4.39 Å². The number of hydrogen-bond donors (Lipinski definition) is 1. The lowest BCUT2D eigenvalue weighted by molar-refractivity contribution is 0.416. The van der Waals surface area contributed by atoms with Crippen molar-refractivity contribution in [2.45, 2.75) is 6.54 Å². The summed E-state index contributed by atoms with van der Waals surface area (Å²) in [6.07, 6.45) is 0. The molecule has 3 nitrogen and oxygen atoms in total. The summed E-state index contributed by atoms with van der Waals surface area (Å²) in [5, 5.41) is 3.03. The van der Waals surface area contributed by atoms with E-state index in [1.807, 2.05) is 34.3 Å². The summed E-state index contributed by atoms with van der Waals surface area (Å²) in [6, 6.07) is 5.17. The second-order valence-electron chi connectivity index (χ2n) is 4.57. The average Bonchev–Trinajstić information content (AvgIpc) is 2.25. The van der Waals surface area contributed by atoms with E-state index in [-0.39, 0.29) is 5.82 Å². The van der Waals surface area contributed by atoms with Crippen LogP contribution in [0.3, 0.4) is 0 Å². The largest absolute Gasteiger partial charge is 0.373 e. The molecule has 1 N–H and O–H groups in total. The van der Waals surface area contributed by atoms with Crippen LogP contribution in [-0.4, -0.2) is 46.2 Å². The molecule has 0 saturated carbocycles. The Morgan fingerprint density at radius 3 is 2.41 bits per heavy atom. The van der Waals surface area contributed by atoms with Crippen molar-refractivity contribution < 1.29 is 4.39 Å². The van der Waals surface area contributed by atoms with Gasteiger partial charge in [-0.1, -0.05) is 0 Å². The molecule has 0 radical (unpaired) electrons. The van der Waals surface area contributed by atoms with Crippen LogP contribution in [0, 0.1) is 5.82 Å². The van der Waals surface area contributed by atoms with Crippen molar-refractivity contribution in [1.82, 2.24) is 10.2 Å². The summed E-state index contributed by atoms with van der Waals surface area (Å²) in [6.45, 7) is 2.52. The molecule has 0 aromatic heterocycles. The molecule has 96 valence electrons. The van der Waals surface area contributed by atoms with Gasteiger partial charge in [-0.25, -0.2) is 4.39 Å². The maximum atomic E-state index is 13.4. The van der Waals surface area contributed by atoms with Crippen LogP contribution >= 0.6 is 0 Å². The summed E-state index contributed by atoms with van der Waals surface area (Å²) >= 11 is 0. The number of halogens is 1. The molecule has 1 aromatic carbocycles. The number of anilines is 1. The highest BCUT2D eigenvalue weighted by atomic mass is 19.1. The number of nitrogens with one attached hydrogen (secondary N) is 1. The maximum absolute atomic E-state index is 13.4. The van der Waals surface area contributed by atoms with Gasteiger partial charge >= 0.3 is 0 Å². The average molecular weight is 239 g/mol. The summed E-state index contributed by atoms with van der Waals surface area (Å²) in [5.41, 5.74) is 1.90. The van der Waals surface area contributed by atoms with Crippen molar-refractivity contribution in [3.8, 4) is 0 Å². The Morgan fingerprint density at radius 1 is 1.12 bits per heavy atom. The topological polar surface area (TPSA) is 18.5 Å². The Kier molecular flexibility index (Phi) is 5.38. The predicted molar refractivity (Wildman–Crippen MR) is 71.0 cm³/mol. The Labute approximate surface area is 103 Å². The first-order valence-electron chi connectivity index (χ1n) is 5.83. The first kappa shape index (κ1) is 13.9. The molecular formula is C13H22FN3. The monoisotopic (exact) mass is 239 g/mol. The number of likely N-dealkylation sites (N-methyl/N-ethyl adjacent to an activating group) is 2. The molecule has 0 fully saturated rings. The standard InChI is InChI=1S/C13H22FN3/c1-15-10-11-7-12(14)9-13(8-11)17(4)6-5-16(2)3/h7-9,15H,5-6,10H2,1-4H3. The van der Waals surface area contributed by atoms with Gasteiger partial charge in [0.25, 0.3) is 0 Å². The zero-order valence-corrected chi connectivity index (χ0v) is 11.1. The molecule has 0 aliphatic heterocycles. The lowest BCUT2D eigenvalue weighted by Gasteiger charge is -2.22. The molecule has 1 aromatic rings. The van der Waals surface area contributed by atoms with E-state index in [0.717, 1.165) is 24.3 Å².